The summed E-state index contributed by atoms with van der Waals surface area (Å²) in [5, 5.41) is 8.51. The molecule has 62 valence electrons. The average molecular weight is 165 g/mol. The third kappa shape index (κ3) is 1.39. The van der Waals surface area contributed by atoms with Gasteiger partial charge in [0.15, 0.2) is 17.3 Å². The van der Waals surface area contributed by atoms with Crippen molar-refractivity contribution < 1.29 is 0 Å². The van der Waals surface area contributed by atoms with Crippen LogP contribution >= 0.6 is 0 Å². The van der Waals surface area contributed by atoms with Crippen molar-refractivity contribution >= 4 is 11.6 Å². The summed E-state index contributed by atoms with van der Waals surface area (Å²) in [5.41, 5.74) is 4.63. The van der Waals surface area contributed by atoms with Crippen molar-refractivity contribution in [3.63, 3.8) is 0 Å². The molecule has 7 nitrogen and oxygen atoms in total. The molecule has 0 fully saturated rings. The number of nitrogens with zero attached hydrogens (tertiary/aromatic N) is 3. The van der Waals surface area contributed by atoms with Gasteiger partial charge in [-0.25, -0.2) is 21.7 Å². The molecule has 1 aromatic rings. The lowest BCUT2D eigenvalue weighted by Crippen LogP contribution is -2.15. The highest BCUT2D eigenvalue weighted by molar-refractivity contribution is 5.50. The molecule has 0 bridgehead atoms. The number of nitriles is 1. The van der Waals surface area contributed by atoms with Crippen molar-refractivity contribution in [3.05, 3.63) is 11.9 Å². The van der Waals surface area contributed by atoms with E-state index in [0.717, 1.165) is 0 Å². The Balaban J connectivity index is 3.13. The number of hydrogen-bond acceptors (Lipinski definition) is 7. The van der Waals surface area contributed by atoms with E-state index in [0.29, 0.717) is 5.82 Å². The van der Waals surface area contributed by atoms with Crippen molar-refractivity contribution in [2.24, 2.45) is 11.7 Å². The van der Waals surface area contributed by atoms with Gasteiger partial charge in [-0.1, -0.05) is 0 Å². The first kappa shape index (κ1) is 8.19. The summed E-state index contributed by atoms with van der Waals surface area (Å²) in [5.74, 6) is 10.7. The van der Waals surface area contributed by atoms with E-state index in [1.807, 2.05) is 6.07 Å². The van der Waals surface area contributed by atoms with Gasteiger partial charge in [-0.05, 0) is 0 Å². The molecular formula is C5H7N7. The van der Waals surface area contributed by atoms with Crippen LogP contribution in [0.25, 0.3) is 0 Å². The molecule has 0 atom stereocenters. The van der Waals surface area contributed by atoms with Crippen molar-refractivity contribution in [1.29, 1.82) is 5.26 Å². The Kier molecular flexibility index (Phi) is 2.37. The first-order chi connectivity index (χ1) is 5.81. The van der Waals surface area contributed by atoms with Crippen LogP contribution in [0, 0.1) is 11.3 Å². The highest BCUT2D eigenvalue weighted by Crippen LogP contribution is 2.09. The topological polar surface area (TPSA) is 126 Å². The van der Waals surface area contributed by atoms with Crippen LogP contribution in [0.1, 0.15) is 5.69 Å². The molecule has 0 unspecified atom stereocenters. The Morgan fingerprint density at radius 1 is 1.42 bits per heavy atom. The van der Waals surface area contributed by atoms with E-state index in [9.17, 15) is 0 Å². The number of nitrogens with one attached hydrogen (secondary N) is 2. The number of nitrogen functional groups attached to an aromatic ring is 2. The first-order valence-electron chi connectivity index (χ1n) is 3.02. The van der Waals surface area contributed by atoms with Crippen LogP contribution in [0.5, 0.6) is 0 Å². The van der Waals surface area contributed by atoms with Gasteiger partial charge >= 0.3 is 0 Å². The second-order valence-electron chi connectivity index (χ2n) is 1.85. The molecule has 0 saturated carbocycles. The molecule has 0 radical (unpaired) electrons. The highest BCUT2D eigenvalue weighted by Gasteiger charge is 2.03. The zero-order valence-electron chi connectivity index (χ0n) is 6.07. The van der Waals surface area contributed by atoms with Gasteiger partial charge in [0.2, 0.25) is 0 Å². The maximum Gasteiger partial charge on any atom is 0.184 e. The summed E-state index contributed by atoms with van der Waals surface area (Å²) in [4.78, 5) is 7.55. The molecule has 0 aromatic carbocycles. The fourth-order valence-electron chi connectivity index (χ4n) is 0.641. The Morgan fingerprint density at radius 3 is 2.67 bits per heavy atom. The maximum atomic E-state index is 8.51. The van der Waals surface area contributed by atoms with Crippen LogP contribution in [-0.4, -0.2) is 9.97 Å². The SMILES string of the molecule is N#Cc1ncc(NN)nc1NN. The molecule has 7 heteroatoms. The average Bonchev–Trinajstić information content (AvgIpc) is 2.16. The second-order valence-corrected chi connectivity index (χ2v) is 1.85. The number of aromatic nitrogens is 2. The minimum absolute atomic E-state index is 0.122. The molecule has 6 N–H and O–H groups in total. The fraction of sp³-hybridized carbons (Fsp3) is 0. The molecule has 12 heavy (non-hydrogen) atoms. The molecule has 0 amide bonds. The number of anilines is 2. The molecule has 1 aromatic heterocycles. The van der Waals surface area contributed by atoms with E-state index >= 15 is 0 Å². The molecule has 0 aliphatic heterocycles. The van der Waals surface area contributed by atoms with Crippen LogP contribution in [0.15, 0.2) is 6.20 Å². The van der Waals surface area contributed by atoms with E-state index in [1.54, 1.807) is 0 Å². The normalized spacial score (nSPS) is 8.75. The Bertz CT molecular complexity index is 314. The molecule has 1 heterocycles. The minimum Gasteiger partial charge on any atom is -0.307 e. The smallest absolute Gasteiger partial charge is 0.184 e. The third-order valence-corrected chi connectivity index (χ3v) is 1.16. The van der Waals surface area contributed by atoms with E-state index in [-0.39, 0.29) is 11.5 Å². The number of rotatable bonds is 2. The predicted octanol–water partition coefficient (Wildman–Crippen LogP) is -1.08. The predicted molar refractivity (Wildman–Crippen MR) is 42.4 cm³/mol. The van der Waals surface area contributed by atoms with Crippen LogP contribution < -0.4 is 22.5 Å². The summed E-state index contributed by atoms with van der Waals surface area (Å²) in [6.45, 7) is 0. The van der Waals surface area contributed by atoms with Gasteiger partial charge in [0.1, 0.15) is 6.07 Å². The monoisotopic (exact) mass is 165 g/mol. The molecule has 0 aliphatic carbocycles. The minimum atomic E-state index is 0.122. The number of nitrogens with two attached hydrogens (primary N) is 2. The van der Waals surface area contributed by atoms with Crippen LogP contribution in [0.3, 0.4) is 0 Å². The zero-order valence-corrected chi connectivity index (χ0v) is 6.07. The standard InChI is InChI=1S/C5H7N7/c6-1-3-5(12-8)10-4(11-7)2-9-3/h2H,7-8H2,(H2,10,11,12). The van der Waals surface area contributed by atoms with Gasteiger partial charge in [-0.3, -0.25) is 0 Å². The van der Waals surface area contributed by atoms with Crippen LogP contribution in [0.2, 0.25) is 0 Å². The molecular weight excluding hydrogens is 158 g/mol. The largest absolute Gasteiger partial charge is 0.307 e. The quantitative estimate of drug-likeness (QED) is 0.324. The van der Waals surface area contributed by atoms with E-state index in [2.05, 4.69) is 20.8 Å². The highest BCUT2D eigenvalue weighted by atomic mass is 15.3. The summed E-state index contributed by atoms with van der Waals surface area (Å²) in [7, 11) is 0. The molecule has 0 aliphatic rings. The fourth-order valence-corrected chi connectivity index (χ4v) is 0.641. The number of hydrogen-bond donors (Lipinski definition) is 4. The van der Waals surface area contributed by atoms with E-state index < -0.39 is 0 Å². The number of hydrazine groups is 2. The third-order valence-electron chi connectivity index (χ3n) is 1.16. The zero-order chi connectivity index (χ0) is 8.97. The van der Waals surface area contributed by atoms with Gasteiger partial charge in [0.05, 0.1) is 6.20 Å². The van der Waals surface area contributed by atoms with Crippen molar-refractivity contribution in [2.45, 2.75) is 0 Å². The molecule has 1 rings (SSSR count). The molecule has 0 saturated heterocycles. The molecule has 0 spiro atoms. The van der Waals surface area contributed by atoms with Crippen molar-refractivity contribution in [3.8, 4) is 6.07 Å². The Morgan fingerprint density at radius 2 is 2.17 bits per heavy atom. The van der Waals surface area contributed by atoms with Crippen LogP contribution in [-0.2, 0) is 0 Å². The van der Waals surface area contributed by atoms with Gasteiger partial charge in [0.25, 0.3) is 0 Å². The van der Waals surface area contributed by atoms with Crippen molar-refractivity contribution in [2.75, 3.05) is 10.9 Å². The van der Waals surface area contributed by atoms with Gasteiger partial charge in [0, 0.05) is 0 Å². The lowest BCUT2D eigenvalue weighted by atomic mass is 10.4. The summed E-state index contributed by atoms with van der Waals surface area (Å²) in [6, 6.07) is 1.81. The van der Waals surface area contributed by atoms with E-state index in [1.165, 1.54) is 6.20 Å². The van der Waals surface area contributed by atoms with Crippen LogP contribution in [0.4, 0.5) is 11.6 Å². The van der Waals surface area contributed by atoms with Crippen molar-refractivity contribution in [1.82, 2.24) is 9.97 Å². The lowest BCUT2D eigenvalue weighted by Gasteiger charge is -2.02. The van der Waals surface area contributed by atoms with Gasteiger partial charge < -0.3 is 10.9 Å². The van der Waals surface area contributed by atoms with Gasteiger partial charge in [-0.15, -0.1) is 0 Å². The summed E-state index contributed by atoms with van der Waals surface area (Å²) >= 11 is 0. The first-order valence-corrected chi connectivity index (χ1v) is 3.02. The van der Waals surface area contributed by atoms with Gasteiger partial charge in [-0.2, -0.15) is 5.26 Å². The summed E-state index contributed by atoms with van der Waals surface area (Å²) in [6.07, 6.45) is 1.33. The Hall–Kier alpha value is -1.91. The Labute approximate surface area is 68.3 Å². The van der Waals surface area contributed by atoms with E-state index in [4.69, 9.17) is 16.9 Å². The summed E-state index contributed by atoms with van der Waals surface area (Å²) < 4.78 is 0. The lowest BCUT2D eigenvalue weighted by molar-refractivity contribution is 1.11. The second kappa shape index (κ2) is 3.47. The maximum absolute atomic E-state index is 8.51.